The van der Waals surface area contributed by atoms with Crippen molar-refractivity contribution in [3.8, 4) is 0 Å². The summed E-state index contributed by atoms with van der Waals surface area (Å²) in [5.74, 6) is -1.01. The second-order valence-electron chi connectivity index (χ2n) is 3.93. The molecule has 1 aromatic rings. The van der Waals surface area contributed by atoms with Crippen LogP contribution in [0.15, 0.2) is 27.7 Å². The molecule has 1 aliphatic heterocycles. The number of nitrogens with two attached hydrogens (primary N) is 1. The van der Waals surface area contributed by atoms with Crippen LogP contribution < -0.4 is 5.73 Å². The molecule has 0 spiro atoms. The van der Waals surface area contributed by atoms with Gasteiger partial charge in [-0.25, -0.2) is 0 Å². The van der Waals surface area contributed by atoms with Gasteiger partial charge < -0.3 is 10.8 Å². The van der Waals surface area contributed by atoms with Crippen LogP contribution in [0.25, 0.3) is 0 Å². The van der Waals surface area contributed by atoms with Gasteiger partial charge in [-0.3, -0.25) is 9.79 Å². The number of carbonyl (C=O) groups is 1. The predicted molar refractivity (Wildman–Crippen MR) is 73.1 cm³/mol. The van der Waals surface area contributed by atoms with Crippen LogP contribution in [0, 0.1) is 0 Å². The Morgan fingerprint density at radius 1 is 1.59 bits per heavy atom. The highest BCUT2D eigenvalue weighted by molar-refractivity contribution is 9.10. The number of carboxylic acid groups (broad SMARTS) is 1. The molecule has 1 aromatic carbocycles. The number of benzene rings is 1. The average Bonchev–Trinajstić information content (AvgIpc) is 2.56. The molecule has 2 rings (SSSR count). The molecule has 0 fully saturated rings. The molecule has 2 atom stereocenters. The molecule has 0 saturated carbocycles. The minimum atomic E-state index is -1.01. The van der Waals surface area contributed by atoms with Crippen molar-refractivity contribution in [2.45, 2.75) is 16.8 Å². The molecule has 0 aliphatic carbocycles. The van der Waals surface area contributed by atoms with Gasteiger partial charge in [0.15, 0.2) is 0 Å². The number of hydrogen-bond donors (Lipinski definition) is 2. The number of aliphatic carboxylic acids is 1. The molecule has 17 heavy (non-hydrogen) atoms. The van der Waals surface area contributed by atoms with Crippen LogP contribution in [0.1, 0.15) is 12.0 Å². The fraction of sp³-hybridized carbons (Fsp3) is 0.273. The smallest absolute Gasteiger partial charge is 0.320 e. The van der Waals surface area contributed by atoms with E-state index >= 15 is 0 Å². The van der Waals surface area contributed by atoms with Crippen LogP contribution in [-0.2, 0) is 9.12 Å². The van der Waals surface area contributed by atoms with Gasteiger partial charge in [-0.15, -0.1) is 0 Å². The third-order valence-electron chi connectivity index (χ3n) is 2.65. The van der Waals surface area contributed by atoms with E-state index in [9.17, 15) is 4.79 Å². The molecule has 4 nitrogen and oxygen atoms in total. The molecular formula is C11H10Br2N2O2. The van der Waals surface area contributed by atoms with E-state index in [-0.39, 0.29) is 6.42 Å². The highest BCUT2D eigenvalue weighted by atomic mass is 79.9. The predicted octanol–water partition coefficient (Wildman–Crippen LogP) is 2.56. The van der Waals surface area contributed by atoms with Crippen molar-refractivity contribution in [3.05, 3.63) is 28.2 Å². The Morgan fingerprint density at radius 2 is 2.29 bits per heavy atom. The summed E-state index contributed by atoms with van der Waals surface area (Å²) in [7, 11) is 0. The summed E-state index contributed by atoms with van der Waals surface area (Å²) < 4.78 is 0.332. The second kappa shape index (κ2) is 4.51. The van der Waals surface area contributed by atoms with Crippen molar-refractivity contribution in [2.24, 2.45) is 10.7 Å². The summed E-state index contributed by atoms with van der Waals surface area (Å²) in [6, 6.07) is 4.77. The quantitative estimate of drug-likeness (QED) is 0.812. The van der Waals surface area contributed by atoms with Crippen molar-refractivity contribution in [2.75, 3.05) is 0 Å². The molecule has 0 amide bonds. The van der Waals surface area contributed by atoms with E-state index in [1.165, 1.54) is 0 Å². The minimum absolute atomic E-state index is 0.259. The first-order chi connectivity index (χ1) is 7.92. The number of hydrogen-bond acceptors (Lipinski definition) is 3. The third kappa shape index (κ3) is 2.43. The van der Waals surface area contributed by atoms with Gasteiger partial charge in [0.25, 0.3) is 0 Å². The zero-order valence-corrected chi connectivity index (χ0v) is 11.9. The van der Waals surface area contributed by atoms with Gasteiger partial charge in [0.2, 0.25) is 0 Å². The number of carboxylic acids is 1. The Kier molecular flexibility index (Phi) is 3.38. The average molecular weight is 362 g/mol. The van der Waals surface area contributed by atoms with Crippen LogP contribution in [0.3, 0.4) is 0 Å². The van der Waals surface area contributed by atoms with Gasteiger partial charge in [-0.2, -0.15) is 0 Å². The standard InChI is InChI=1S/C11H10Br2N2O2/c12-6-1-2-9-7(3-6)11(13,5-15-9)4-8(14)10(16)17/h1-3,5,8H,4,14H2,(H,16,17)/t8-,11?/m0/s1. The first-order valence-corrected chi connectivity index (χ1v) is 6.53. The molecule has 3 N–H and O–H groups in total. The van der Waals surface area contributed by atoms with Gasteiger partial charge in [0.1, 0.15) is 6.04 Å². The number of alkyl halides is 1. The Balaban J connectivity index is 2.34. The summed E-state index contributed by atoms with van der Waals surface area (Å²) in [6.07, 6.45) is 1.96. The highest BCUT2D eigenvalue weighted by Gasteiger charge is 2.37. The topological polar surface area (TPSA) is 75.7 Å². The van der Waals surface area contributed by atoms with E-state index in [0.717, 1.165) is 15.7 Å². The molecule has 90 valence electrons. The SMILES string of the molecule is N[C@@H](CC1(Br)C=Nc2ccc(Br)cc21)C(=O)O. The number of aliphatic imine (C=N–C) groups is 1. The van der Waals surface area contributed by atoms with Crippen molar-refractivity contribution in [3.63, 3.8) is 0 Å². The zero-order chi connectivity index (χ0) is 12.6. The van der Waals surface area contributed by atoms with Crippen molar-refractivity contribution >= 4 is 49.7 Å². The van der Waals surface area contributed by atoms with Gasteiger partial charge in [0, 0.05) is 16.3 Å². The first-order valence-electron chi connectivity index (χ1n) is 4.95. The van der Waals surface area contributed by atoms with Gasteiger partial charge >= 0.3 is 5.97 Å². The maximum atomic E-state index is 10.8. The van der Waals surface area contributed by atoms with Crippen molar-refractivity contribution < 1.29 is 9.90 Å². The summed E-state index contributed by atoms with van der Waals surface area (Å²) in [4.78, 5) is 15.1. The largest absolute Gasteiger partial charge is 0.480 e. The molecule has 1 unspecified atom stereocenters. The lowest BCUT2D eigenvalue weighted by molar-refractivity contribution is -0.138. The summed E-state index contributed by atoms with van der Waals surface area (Å²) in [6.45, 7) is 0. The van der Waals surface area contributed by atoms with E-state index in [2.05, 4.69) is 36.9 Å². The fourth-order valence-electron chi connectivity index (χ4n) is 1.77. The lowest BCUT2D eigenvalue weighted by Crippen LogP contribution is -2.36. The summed E-state index contributed by atoms with van der Waals surface area (Å²) >= 11 is 6.92. The molecule has 0 radical (unpaired) electrons. The fourth-order valence-corrected chi connectivity index (χ4v) is 2.89. The molecule has 0 aromatic heterocycles. The Hall–Kier alpha value is -0.720. The number of rotatable bonds is 3. The summed E-state index contributed by atoms with van der Waals surface area (Å²) in [5.41, 5.74) is 7.34. The van der Waals surface area contributed by atoms with Crippen LogP contribution in [0.5, 0.6) is 0 Å². The van der Waals surface area contributed by atoms with Crippen LogP contribution in [-0.4, -0.2) is 23.3 Å². The minimum Gasteiger partial charge on any atom is -0.480 e. The lowest BCUT2D eigenvalue weighted by atomic mass is 9.94. The molecule has 6 heteroatoms. The molecule has 0 bridgehead atoms. The van der Waals surface area contributed by atoms with E-state index in [0.29, 0.717) is 0 Å². The normalized spacial score (nSPS) is 23.5. The Bertz CT molecular complexity index is 504. The second-order valence-corrected chi connectivity index (χ2v) is 6.26. The van der Waals surface area contributed by atoms with Crippen LogP contribution in [0.2, 0.25) is 0 Å². The van der Waals surface area contributed by atoms with Crippen LogP contribution in [0.4, 0.5) is 5.69 Å². The molecule has 0 saturated heterocycles. The maximum absolute atomic E-state index is 10.8. The van der Waals surface area contributed by atoms with E-state index in [1.807, 2.05) is 18.2 Å². The molecule has 1 aliphatic rings. The lowest BCUT2D eigenvalue weighted by Gasteiger charge is -2.22. The number of halogens is 2. The van der Waals surface area contributed by atoms with E-state index in [4.69, 9.17) is 10.8 Å². The monoisotopic (exact) mass is 360 g/mol. The van der Waals surface area contributed by atoms with E-state index in [1.54, 1.807) is 6.21 Å². The third-order valence-corrected chi connectivity index (χ3v) is 4.10. The van der Waals surface area contributed by atoms with Gasteiger partial charge in [-0.1, -0.05) is 31.9 Å². The van der Waals surface area contributed by atoms with Gasteiger partial charge in [0.05, 0.1) is 10.0 Å². The zero-order valence-electron chi connectivity index (χ0n) is 8.73. The summed E-state index contributed by atoms with van der Waals surface area (Å²) in [5, 5.41) is 8.86. The molecule has 1 heterocycles. The van der Waals surface area contributed by atoms with Crippen LogP contribution >= 0.6 is 31.9 Å². The number of fused-ring (bicyclic) bond motifs is 1. The van der Waals surface area contributed by atoms with Gasteiger partial charge in [-0.05, 0) is 24.6 Å². The van der Waals surface area contributed by atoms with Crippen molar-refractivity contribution in [1.82, 2.24) is 0 Å². The highest BCUT2D eigenvalue weighted by Crippen LogP contribution is 2.45. The number of nitrogens with zero attached hydrogens (tertiary/aromatic N) is 1. The first kappa shape index (κ1) is 12.7. The molecular weight excluding hydrogens is 352 g/mol. The van der Waals surface area contributed by atoms with Crippen molar-refractivity contribution in [1.29, 1.82) is 0 Å². The maximum Gasteiger partial charge on any atom is 0.320 e. The van der Waals surface area contributed by atoms with E-state index < -0.39 is 16.3 Å². The Labute approximate surface area is 115 Å². The Morgan fingerprint density at radius 3 is 2.94 bits per heavy atom.